The fourth-order valence-corrected chi connectivity index (χ4v) is 2.91. The van der Waals surface area contributed by atoms with Crippen molar-refractivity contribution < 1.29 is 31.9 Å². The van der Waals surface area contributed by atoms with E-state index in [2.05, 4.69) is 10.3 Å². The van der Waals surface area contributed by atoms with Crippen LogP contribution in [0.3, 0.4) is 0 Å². The van der Waals surface area contributed by atoms with Crippen molar-refractivity contribution in [3.63, 3.8) is 0 Å². The summed E-state index contributed by atoms with van der Waals surface area (Å²) in [5.41, 5.74) is 3.72. The highest BCUT2D eigenvalue weighted by Crippen LogP contribution is 2.29. The zero-order chi connectivity index (χ0) is 25.1. The Morgan fingerprint density at radius 1 is 1.12 bits per heavy atom. The van der Waals surface area contributed by atoms with Gasteiger partial charge in [-0.05, 0) is 30.2 Å². The number of rotatable bonds is 10. The summed E-state index contributed by atoms with van der Waals surface area (Å²) in [4.78, 5) is 28.2. The van der Waals surface area contributed by atoms with Gasteiger partial charge in [0.15, 0.2) is 0 Å². The standard InChI is InChI=1S/C24H25F4N3O3/c1-2-9-30-22(20(14-29)24(26,27)28)17-11-18(13-19(25)12-17)23(33)31-10-8-21(32)34-15-16-6-4-3-5-7-16/h3-7,11-14H,2,8-10,15,29H2,1H3,(H,31,33). The molecule has 0 aliphatic carbocycles. The first-order valence-electron chi connectivity index (χ1n) is 10.5. The van der Waals surface area contributed by atoms with Crippen LogP contribution in [0.15, 0.2) is 65.3 Å². The minimum absolute atomic E-state index is 0.0475. The normalized spacial score (nSPS) is 12.4. The van der Waals surface area contributed by atoms with Crippen molar-refractivity contribution in [2.75, 3.05) is 13.1 Å². The fourth-order valence-electron chi connectivity index (χ4n) is 2.91. The number of hydrogen-bond acceptors (Lipinski definition) is 5. The zero-order valence-electron chi connectivity index (χ0n) is 18.5. The fraction of sp³-hybridized carbons (Fsp3) is 0.292. The van der Waals surface area contributed by atoms with Gasteiger partial charge in [0.05, 0.1) is 17.7 Å². The molecule has 0 heterocycles. The summed E-state index contributed by atoms with van der Waals surface area (Å²) in [5, 5.41) is 2.43. The van der Waals surface area contributed by atoms with Gasteiger partial charge in [-0.15, -0.1) is 0 Å². The number of benzene rings is 2. The molecule has 10 heteroatoms. The number of nitrogens with zero attached hydrogens (tertiary/aromatic N) is 1. The molecule has 1 amide bonds. The van der Waals surface area contributed by atoms with Crippen LogP contribution in [0.25, 0.3) is 0 Å². The average Bonchev–Trinajstić information content (AvgIpc) is 2.79. The van der Waals surface area contributed by atoms with Crippen molar-refractivity contribution >= 4 is 17.6 Å². The van der Waals surface area contributed by atoms with Crippen LogP contribution in [0.5, 0.6) is 0 Å². The maximum atomic E-state index is 14.2. The number of ether oxygens (including phenoxy) is 1. The second kappa shape index (κ2) is 12.5. The molecule has 0 aromatic heterocycles. The third-order valence-corrected chi connectivity index (χ3v) is 4.51. The SMILES string of the molecule is CCCN=C(C(=CN)C(F)(F)F)c1cc(F)cc(C(=O)NCCC(=O)OCc2ccccc2)c1. The van der Waals surface area contributed by atoms with E-state index in [1.54, 1.807) is 31.2 Å². The smallest absolute Gasteiger partial charge is 0.419 e. The lowest BCUT2D eigenvalue weighted by Crippen LogP contribution is -2.27. The number of nitrogens with one attached hydrogen (secondary N) is 1. The number of carbonyl (C=O) groups is 2. The molecule has 0 spiro atoms. The molecular formula is C24H25F4N3O3. The lowest BCUT2D eigenvalue weighted by molar-refractivity contribution is -0.144. The van der Waals surface area contributed by atoms with Gasteiger partial charge in [0.2, 0.25) is 0 Å². The van der Waals surface area contributed by atoms with E-state index >= 15 is 0 Å². The molecule has 0 bridgehead atoms. The zero-order valence-corrected chi connectivity index (χ0v) is 18.5. The molecule has 0 saturated heterocycles. The van der Waals surface area contributed by atoms with E-state index in [1.807, 2.05) is 6.07 Å². The van der Waals surface area contributed by atoms with Gasteiger partial charge in [0.1, 0.15) is 12.4 Å². The highest BCUT2D eigenvalue weighted by atomic mass is 19.4. The topological polar surface area (TPSA) is 93.8 Å². The Kier molecular flexibility index (Phi) is 9.78. The number of carbonyl (C=O) groups excluding carboxylic acids is 2. The molecule has 3 N–H and O–H groups in total. The van der Waals surface area contributed by atoms with Crippen molar-refractivity contribution in [3.05, 3.63) is 82.8 Å². The minimum Gasteiger partial charge on any atom is -0.461 e. The highest BCUT2D eigenvalue weighted by molar-refractivity contribution is 6.14. The van der Waals surface area contributed by atoms with Crippen LogP contribution in [0.4, 0.5) is 17.6 Å². The number of aliphatic imine (C=N–C) groups is 1. The first-order chi connectivity index (χ1) is 16.2. The molecule has 2 aromatic carbocycles. The quantitative estimate of drug-likeness (QED) is 0.302. The summed E-state index contributed by atoms with van der Waals surface area (Å²) in [5.74, 6) is -2.25. The summed E-state index contributed by atoms with van der Waals surface area (Å²) in [6.07, 6.45) is -4.16. The van der Waals surface area contributed by atoms with Gasteiger partial charge in [-0.2, -0.15) is 13.2 Å². The Labute approximate surface area is 194 Å². The maximum absolute atomic E-state index is 14.2. The van der Waals surface area contributed by atoms with Crippen molar-refractivity contribution in [1.82, 2.24) is 5.32 Å². The summed E-state index contributed by atoms with van der Waals surface area (Å²) in [6.45, 7) is 1.74. The van der Waals surface area contributed by atoms with E-state index in [9.17, 15) is 27.2 Å². The van der Waals surface area contributed by atoms with E-state index in [-0.39, 0.29) is 37.2 Å². The molecule has 0 radical (unpaired) electrons. The van der Waals surface area contributed by atoms with E-state index < -0.39 is 35.2 Å². The van der Waals surface area contributed by atoms with Crippen LogP contribution in [0, 0.1) is 5.82 Å². The van der Waals surface area contributed by atoms with E-state index in [0.717, 1.165) is 23.8 Å². The molecule has 2 rings (SSSR count). The van der Waals surface area contributed by atoms with Gasteiger partial charge in [0, 0.05) is 30.4 Å². The highest BCUT2D eigenvalue weighted by Gasteiger charge is 2.37. The van der Waals surface area contributed by atoms with Gasteiger partial charge in [-0.25, -0.2) is 4.39 Å². The second-order valence-electron chi connectivity index (χ2n) is 7.19. The molecule has 0 aliphatic rings. The molecule has 0 fully saturated rings. The Bertz CT molecular complexity index is 1050. The summed E-state index contributed by atoms with van der Waals surface area (Å²) >= 11 is 0. The number of halogens is 4. The van der Waals surface area contributed by atoms with Crippen molar-refractivity contribution in [1.29, 1.82) is 0 Å². The number of hydrogen-bond donors (Lipinski definition) is 2. The Hall–Kier alpha value is -3.69. The van der Waals surface area contributed by atoms with Crippen LogP contribution in [0.2, 0.25) is 0 Å². The third kappa shape index (κ3) is 8.02. The van der Waals surface area contributed by atoms with Crippen LogP contribution in [-0.2, 0) is 16.1 Å². The minimum atomic E-state index is -4.82. The third-order valence-electron chi connectivity index (χ3n) is 4.51. The lowest BCUT2D eigenvalue weighted by atomic mass is 9.99. The average molecular weight is 479 g/mol. The van der Waals surface area contributed by atoms with E-state index in [1.165, 1.54) is 0 Å². The largest absolute Gasteiger partial charge is 0.461 e. The summed E-state index contributed by atoms with van der Waals surface area (Å²) in [7, 11) is 0. The monoisotopic (exact) mass is 479 g/mol. The number of alkyl halides is 3. The Balaban J connectivity index is 2.08. The van der Waals surface area contributed by atoms with Gasteiger partial charge in [-0.1, -0.05) is 37.3 Å². The van der Waals surface area contributed by atoms with E-state index in [0.29, 0.717) is 12.6 Å². The number of esters is 1. The molecule has 0 aliphatic heterocycles. The van der Waals surface area contributed by atoms with Crippen LogP contribution < -0.4 is 11.1 Å². The van der Waals surface area contributed by atoms with Crippen molar-refractivity contribution in [3.8, 4) is 0 Å². The van der Waals surface area contributed by atoms with Gasteiger partial charge in [0.25, 0.3) is 5.91 Å². The molecule has 0 atom stereocenters. The molecule has 6 nitrogen and oxygen atoms in total. The predicted octanol–water partition coefficient (Wildman–Crippen LogP) is 4.29. The Morgan fingerprint density at radius 3 is 2.41 bits per heavy atom. The molecular weight excluding hydrogens is 454 g/mol. The summed E-state index contributed by atoms with van der Waals surface area (Å²) in [6, 6.07) is 11.8. The summed E-state index contributed by atoms with van der Waals surface area (Å²) < 4.78 is 59.5. The molecule has 0 saturated carbocycles. The van der Waals surface area contributed by atoms with Crippen molar-refractivity contribution in [2.45, 2.75) is 32.5 Å². The van der Waals surface area contributed by atoms with Crippen LogP contribution in [-0.4, -0.2) is 36.9 Å². The van der Waals surface area contributed by atoms with Crippen LogP contribution >= 0.6 is 0 Å². The maximum Gasteiger partial charge on any atom is 0.419 e. The van der Waals surface area contributed by atoms with Gasteiger partial charge >= 0.3 is 12.1 Å². The number of allylic oxidation sites excluding steroid dienone is 1. The first kappa shape index (κ1) is 26.6. The number of nitrogens with two attached hydrogens (primary N) is 1. The van der Waals surface area contributed by atoms with Gasteiger partial charge < -0.3 is 15.8 Å². The Morgan fingerprint density at radius 2 is 1.79 bits per heavy atom. The number of amides is 1. The lowest BCUT2D eigenvalue weighted by Gasteiger charge is -2.15. The van der Waals surface area contributed by atoms with E-state index in [4.69, 9.17) is 10.5 Å². The molecule has 0 unspecified atom stereocenters. The molecule has 182 valence electrons. The predicted molar refractivity (Wildman–Crippen MR) is 120 cm³/mol. The molecule has 34 heavy (non-hydrogen) atoms. The van der Waals surface area contributed by atoms with Crippen molar-refractivity contribution in [2.24, 2.45) is 10.7 Å². The van der Waals surface area contributed by atoms with Crippen LogP contribution in [0.1, 0.15) is 41.3 Å². The second-order valence-corrected chi connectivity index (χ2v) is 7.19. The van der Waals surface area contributed by atoms with Gasteiger partial charge in [-0.3, -0.25) is 14.6 Å². The first-order valence-corrected chi connectivity index (χ1v) is 10.5. The molecule has 2 aromatic rings.